The second kappa shape index (κ2) is 6.56. The van der Waals surface area contributed by atoms with Crippen molar-refractivity contribution in [2.24, 2.45) is 0 Å². The first-order valence-corrected chi connectivity index (χ1v) is 9.20. The van der Waals surface area contributed by atoms with Crippen molar-refractivity contribution in [1.82, 2.24) is 9.88 Å². The van der Waals surface area contributed by atoms with E-state index < -0.39 is 6.10 Å². The summed E-state index contributed by atoms with van der Waals surface area (Å²) in [7, 11) is 0. The number of carbonyl (C=O) groups is 1. The summed E-state index contributed by atoms with van der Waals surface area (Å²) in [6.45, 7) is 3.16. The molecule has 3 aromatic rings. The highest BCUT2D eigenvalue weighted by Crippen LogP contribution is 2.28. The van der Waals surface area contributed by atoms with Crippen LogP contribution in [0, 0.1) is 0 Å². The van der Waals surface area contributed by atoms with E-state index in [0.717, 1.165) is 16.4 Å². The van der Waals surface area contributed by atoms with Gasteiger partial charge >= 0.3 is 0 Å². The number of nitrogens with zero attached hydrogens (tertiary/aromatic N) is 1. The van der Waals surface area contributed by atoms with Crippen molar-refractivity contribution in [3.8, 4) is 5.75 Å². The van der Waals surface area contributed by atoms with Gasteiger partial charge in [0.25, 0.3) is 5.91 Å². The minimum Gasteiger partial charge on any atom is -0.481 e. The molecule has 4 rings (SSSR count). The van der Waals surface area contributed by atoms with Gasteiger partial charge in [-0.15, -0.1) is 0 Å². The maximum Gasteiger partial charge on any atom is 0.263 e. The summed E-state index contributed by atoms with van der Waals surface area (Å²) in [6.07, 6.45) is 0.341. The number of H-pyrrole nitrogens is 1. The largest absolute Gasteiger partial charge is 0.481 e. The van der Waals surface area contributed by atoms with Crippen LogP contribution in [-0.4, -0.2) is 28.4 Å². The number of aromatic nitrogens is 1. The van der Waals surface area contributed by atoms with Crippen LogP contribution >= 0.6 is 15.9 Å². The number of hydrogen-bond acceptors (Lipinski definition) is 2. The minimum absolute atomic E-state index is 0.0267. The number of hydrogen-bond donors (Lipinski definition) is 1. The van der Waals surface area contributed by atoms with Crippen molar-refractivity contribution < 1.29 is 9.53 Å². The van der Waals surface area contributed by atoms with Crippen LogP contribution in [0.3, 0.4) is 0 Å². The van der Waals surface area contributed by atoms with Crippen LogP contribution < -0.4 is 4.74 Å². The molecule has 0 aliphatic carbocycles. The van der Waals surface area contributed by atoms with E-state index in [1.807, 2.05) is 48.2 Å². The fraction of sp³-hybridized carbons (Fsp3) is 0.250. The fourth-order valence-electron chi connectivity index (χ4n) is 3.38. The number of benzene rings is 2. The highest BCUT2D eigenvalue weighted by Gasteiger charge is 2.27. The molecule has 0 unspecified atom stereocenters. The van der Waals surface area contributed by atoms with Crippen LogP contribution in [-0.2, 0) is 17.8 Å². The first-order chi connectivity index (χ1) is 12.1. The molecule has 0 spiro atoms. The van der Waals surface area contributed by atoms with Crippen molar-refractivity contribution in [2.75, 3.05) is 6.54 Å². The van der Waals surface area contributed by atoms with Crippen LogP contribution in [0.25, 0.3) is 10.9 Å². The molecule has 4 nitrogen and oxygen atoms in total. The van der Waals surface area contributed by atoms with E-state index in [1.54, 1.807) is 0 Å². The Labute approximate surface area is 154 Å². The second-order valence-corrected chi connectivity index (χ2v) is 7.27. The van der Waals surface area contributed by atoms with E-state index in [9.17, 15) is 4.79 Å². The van der Waals surface area contributed by atoms with Gasteiger partial charge in [0.15, 0.2) is 6.10 Å². The quantitative estimate of drug-likeness (QED) is 0.715. The summed E-state index contributed by atoms with van der Waals surface area (Å²) in [4.78, 5) is 18.2. The van der Waals surface area contributed by atoms with Gasteiger partial charge in [0.1, 0.15) is 5.75 Å². The maximum absolute atomic E-state index is 12.8. The average molecular weight is 399 g/mol. The van der Waals surface area contributed by atoms with Gasteiger partial charge in [-0.25, -0.2) is 0 Å². The molecular formula is C20H19BrN2O2. The number of nitrogens with one attached hydrogen (secondary N) is 1. The highest BCUT2D eigenvalue weighted by atomic mass is 79.9. The number of rotatable bonds is 3. The predicted octanol–water partition coefficient (Wildman–Crippen LogP) is 4.28. The summed E-state index contributed by atoms with van der Waals surface area (Å²) in [5.74, 6) is 0.729. The Kier molecular flexibility index (Phi) is 4.25. The van der Waals surface area contributed by atoms with Gasteiger partial charge in [0.2, 0.25) is 0 Å². The van der Waals surface area contributed by atoms with E-state index in [1.165, 1.54) is 16.6 Å². The lowest BCUT2D eigenvalue weighted by molar-refractivity contribution is -0.138. The van der Waals surface area contributed by atoms with Gasteiger partial charge in [0, 0.05) is 46.1 Å². The summed E-state index contributed by atoms with van der Waals surface area (Å²) < 4.78 is 6.81. The molecule has 1 atom stereocenters. The van der Waals surface area contributed by atoms with Crippen molar-refractivity contribution >= 4 is 32.7 Å². The molecule has 128 valence electrons. The zero-order valence-corrected chi connectivity index (χ0v) is 15.5. The van der Waals surface area contributed by atoms with E-state index in [0.29, 0.717) is 18.8 Å². The number of aromatic amines is 1. The molecule has 0 fully saturated rings. The van der Waals surface area contributed by atoms with Crippen molar-refractivity contribution in [1.29, 1.82) is 0 Å². The first kappa shape index (κ1) is 16.2. The Hall–Kier alpha value is -2.27. The lowest BCUT2D eigenvalue weighted by atomic mass is 10.0. The Morgan fingerprint density at radius 2 is 1.96 bits per heavy atom. The molecule has 1 aromatic heterocycles. The van der Waals surface area contributed by atoms with E-state index in [2.05, 4.69) is 33.0 Å². The van der Waals surface area contributed by atoms with Crippen LogP contribution in [0.1, 0.15) is 18.2 Å². The topological polar surface area (TPSA) is 45.3 Å². The van der Waals surface area contributed by atoms with E-state index in [-0.39, 0.29) is 5.91 Å². The standard InChI is InChI=1S/C20H19BrN2O2/c1-13(25-15-8-6-14(21)7-9-15)20(24)23-11-10-19-17(12-23)16-4-2-3-5-18(16)22-19/h2-9,13,22H,10-12H2,1H3/t13-/m1/s1. The minimum atomic E-state index is -0.507. The lowest BCUT2D eigenvalue weighted by Gasteiger charge is -2.29. The summed E-state index contributed by atoms with van der Waals surface area (Å²) >= 11 is 3.40. The molecule has 0 saturated carbocycles. The van der Waals surface area contributed by atoms with Gasteiger partial charge in [-0.05, 0) is 37.3 Å². The maximum atomic E-state index is 12.8. The molecule has 1 N–H and O–H groups in total. The fourth-order valence-corrected chi connectivity index (χ4v) is 3.64. The number of fused-ring (bicyclic) bond motifs is 3. The highest BCUT2D eigenvalue weighted by molar-refractivity contribution is 9.10. The number of carbonyl (C=O) groups excluding carboxylic acids is 1. The molecule has 25 heavy (non-hydrogen) atoms. The Bertz CT molecular complexity index is 917. The molecule has 0 bridgehead atoms. The van der Waals surface area contributed by atoms with Gasteiger partial charge in [-0.3, -0.25) is 4.79 Å². The van der Waals surface area contributed by atoms with Gasteiger partial charge in [-0.2, -0.15) is 0 Å². The van der Waals surface area contributed by atoms with E-state index >= 15 is 0 Å². The Morgan fingerprint density at radius 1 is 1.20 bits per heavy atom. The molecule has 2 heterocycles. The van der Waals surface area contributed by atoms with Gasteiger partial charge in [-0.1, -0.05) is 34.1 Å². The molecule has 1 amide bonds. The molecule has 0 radical (unpaired) electrons. The third-order valence-corrected chi connectivity index (χ3v) is 5.20. The normalized spacial score (nSPS) is 15.0. The van der Waals surface area contributed by atoms with Gasteiger partial charge < -0.3 is 14.6 Å². The molecule has 2 aromatic carbocycles. The molecule has 0 saturated heterocycles. The molecule has 5 heteroatoms. The molecular weight excluding hydrogens is 380 g/mol. The van der Waals surface area contributed by atoms with Gasteiger partial charge in [0.05, 0.1) is 0 Å². The van der Waals surface area contributed by atoms with Crippen LogP contribution in [0.5, 0.6) is 5.75 Å². The van der Waals surface area contributed by atoms with E-state index in [4.69, 9.17) is 4.74 Å². The second-order valence-electron chi connectivity index (χ2n) is 6.35. The molecule has 1 aliphatic heterocycles. The lowest BCUT2D eigenvalue weighted by Crippen LogP contribution is -2.43. The smallest absolute Gasteiger partial charge is 0.263 e. The summed E-state index contributed by atoms with van der Waals surface area (Å²) in [5, 5.41) is 1.21. The SMILES string of the molecule is C[C@@H](Oc1ccc(Br)cc1)C(=O)N1CCc2[nH]c3ccccc3c2C1. The third kappa shape index (κ3) is 3.16. The van der Waals surface area contributed by atoms with Crippen LogP contribution in [0.15, 0.2) is 53.0 Å². The first-order valence-electron chi connectivity index (χ1n) is 8.41. The Balaban J connectivity index is 1.50. The summed E-state index contributed by atoms with van der Waals surface area (Å²) in [5.41, 5.74) is 3.61. The average Bonchev–Trinajstić information content (AvgIpc) is 3.01. The summed E-state index contributed by atoms with van der Waals surface area (Å²) in [6, 6.07) is 15.8. The number of ether oxygens (including phenoxy) is 1. The number of amides is 1. The Morgan fingerprint density at radius 3 is 2.76 bits per heavy atom. The van der Waals surface area contributed by atoms with Crippen molar-refractivity contribution in [3.63, 3.8) is 0 Å². The zero-order chi connectivity index (χ0) is 17.4. The van der Waals surface area contributed by atoms with Crippen LogP contribution in [0.4, 0.5) is 0 Å². The predicted molar refractivity (Wildman–Crippen MR) is 102 cm³/mol. The third-order valence-electron chi connectivity index (χ3n) is 4.67. The number of halogens is 1. The monoisotopic (exact) mass is 398 g/mol. The number of para-hydroxylation sites is 1. The molecule has 1 aliphatic rings. The van der Waals surface area contributed by atoms with Crippen molar-refractivity contribution in [2.45, 2.75) is 26.0 Å². The van der Waals surface area contributed by atoms with Crippen LogP contribution in [0.2, 0.25) is 0 Å². The van der Waals surface area contributed by atoms with Crippen molar-refractivity contribution in [3.05, 3.63) is 64.3 Å². The zero-order valence-electron chi connectivity index (χ0n) is 14.0.